The molecule has 0 spiro atoms. The zero-order valence-corrected chi connectivity index (χ0v) is 13.0. The first-order valence-corrected chi connectivity index (χ1v) is 7.77. The summed E-state index contributed by atoms with van der Waals surface area (Å²) >= 11 is 0. The summed E-state index contributed by atoms with van der Waals surface area (Å²) in [5.41, 5.74) is 0.0677. The monoisotopic (exact) mass is 336 g/mol. The van der Waals surface area contributed by atoms with Crippen molar-refractivity contribution in [3.05, 3.63) is 41.7 Å². The number of piperidine rings is 1. The van der Waals surface area contributed by atoms with Gasteiger partial charge < -0.3 is 5.32 Å². The fourth-order valence-corrected chi connectivity index (χ4v) is 2.90. The molecule has 1 N–H and O–H groups in total. The van der Waals surface area contributed by atoms with Crippen molar-refractivity contribution >= 4 is 5.91 Å². The molecule has 0 saturated carbocycles. The van der Waals surface area contributed by atoms with E-state index in [9.17, 15) is 13.6 Å². The molecular weight excluding hydrogens is 318 g/mol. The fraction of sp³-hybridized carbons (Fsp3) is 0.467. The Morgan fingerprint density at radius 2 is 2.12 bits per heavy atom. The van der Waals surface area contributed by atoms with E-state index in [1.54, 1.807) is 0 Å². The predicted molar refractivity (Wildman–Crippen MR) is 80.6 cm³/mol. The number of hydrogen-bond donors (Lipinski definition) is 1. The summed E-state index contributed by atoms with van der Waals surface area (Å²) in [6.45, 7) is 1.53. The molecule has 2 heterocycles. The Bertz CT molecular complexity index is 673. The molecule has 9 heteroatoms. The van der Waals surface area contributed by atoms with Crippen LogP contribution in [-0.2, 0) is 17.9 Å². The van der Waals surface area contributed by atoms with Gasteiger partial charge in [-0.2, -0.15) is 0 Å². The molecule has 0 aliphatic carbocycles. The van der Waals surface area contributed by atoms with Crippen LogP contribution in [0.15, 0.2) is 24.5 Å². The second-order valence-electron chi connectivity index (χ2n) is 5.85. The molecule has 1 aromatic carbocycles. The number of likely N-dealkylation sites (tertiary alicyclic amines) is 1. The third-order valence-electron chi connectivity index (χ3n) is 4.01. The Hall–Kier alpha value is -2.42. The Labute approximate surface area is 137 Å². The lowest BCUT2D eigenvalue weighted by atomic mass is 10.0. The van der Waals surface area contributed by atoms with Gasteiger partial charge in [-0.25, -0.2) is 13.5 Å². The van der Waals surface area contributed by atoms with Crippen LogP contribution >= 0.6 is 0 Å². The Morgan fingerprint density at radius 1 is 1.33 bits per heavy atom. The van der Waals surface area contributed by atoms with Gasteiger partial charge >= 0.3 is 0 Å². The van der Waals surface area contributed by atoms with Gasteiger partial charge in [-0.15, -0.1) is 5.10 Å². The number of nitrogens with one attached hydrogen (secondary N) is 1. The summed E-state index contributed by atoms with van der Waals surface area (Å²) < 4.78 is 28.9. The van der Waals surface area contributed by atoms with Crippen LogP contribution in [-0.4, -0.2) is 50.1 Å². The van der Waals surface area contributed by atoms with E-state index < -0.39 is 11.6 Å². The number of rotatable bonds is 5. The van der Waals surface area contributed by atoms with Crippen LogP contribution < -0.4 is 5.32 Å². The number of carbonyl (C=O) groups is 1. The number of hydrogen-bond acceptors (Lipinski definition) is 5. The maximum absolute atomic E-state index is 13.8. The second-order valence-corrected chi connectivity index (χ2v) is 5.85. The van der Waals surface area contributed by atoms with Gasteiger partial charge in [0.15, 0.2) is 0 Å². The zero-order valence-electron chi connectivity index (χ0n) is 13.0. The van der Waals surface area contributed by atoms with Crippen LogP contribution in [0.4, 0.5) is 8.78 Å². The first kappa shape index (κ1) is 16.4. The summed E-state index contributed by atoms with van der Waals surface area (Å²) in [4.78, 5) is 13.9. The first-order chi connectivity index (χ1) is 11.6. The minimum atomic E-state index is -0.542. The fourth-order valence-electron chi connectivity index (χ4n) is 2.90. The van der Waals surface area contributed by atoms with Crippen LogP contribution in [0.3, 0.4) is 0 Å². The van der Waals surface area contributed by atoms with Crippen molar-refractivity contribution in [3.8, 4) is 0 Å². The summed E-state index contributed by atoms with van der Waals surface area (Å²) in [5, 5.41) is 13.5. The molecule has 0 bridgehead atoms. The lowest BCUT2D eigenvalue weighted by Gasteiger charge is -2.33. The van der Waals surface area contributed by atoms with E-state index in [0.717, 1.165) is 19.4 Å². The van der Waals surface area contributed by atoms with E-state index in [4.69, 9.17) is 0 Å². The number of amides is 1. The first-order valence-electron chi connectivity index (χ1n) is 7.77. The molecule has 1 aliphatic heterocycles. The van der Waals surface area contributed by atoms with E-state index in [1.165, 1.54) is 29.2 Å². The van der Waals surface area contributed by atoms with E-state index in [-0.39, 0.29) is 30.6 Å². The summed E-state index contributed by atoms with van der Waals surface area (Å²) in [5.74, 6) is -1.27. The molecular formula is C15H18F2N6O. The van der Waals surface area contributed by atoms with E-state index in [2.05, 4.69) is 20.8 Å². The molecule has 1 atom stereocenters. The largest absolute Gasteiger partial charge is 0.350 e. The molecule has 1 amide bonds. The van der Waals surface area contributed by atoms with Crippen molar-refractivity contribution in [2.45, 2.75) is 32.0 Å². The van der Waals surface area contributed by atoms with Crippen molar-refractivity contribution in [3.63, 3.8) is 0 Å². The molecule has 7 nitrogen and oxygen atoms in total. The Morgan fingerprint density at radius 3 is 2.83 bits per heavy atom. The van der Waals surface area contributed by atoms with Crippen molar-refractivity contribution in [2.75, 3.05) is 13.1 Å². The highest BCUT2D eigenvalue weighted by Gasteiger charge is 2.23. The normalized spacial score (nSPS) is 18.5. The number of carbonyl (C=O) groups excluding carboxylic acids is 1. The molecule has 1 saturated heterocycles. The van der Waals surface area contributed by atoms with Gasteiger partial charge in [0.1, 0.15) is 24.5 Å². The smallest absolute Gasteiger partial charge is 0.242 e. The number of aromatic nitrogens is 4. The molecule has 128 valence electrons. The van der Waals surface area contributed by atoms with E-state index in [1.807, 2.05) is 4.90 Å². The van der Waals surface area contributed by atoms with Crippen molar-refractivity contribution in [2.24, 2.45) is 0 Å². The number of nitrogens with zero attached hydrogens (tertiary/aromatic N) is 5. The average molecular weight is 336 g/mol. The standard InChI is InChI=1S/C15H18F2N6O/c16-13-4-1-5-14(17)12(13)8-22-6-2-3-11(7-22)19-15(24)9-23-10-18-20-21-23/h1,4-5,10-11H,2-3,6-9H2,(H,19,24)/t11-/m1/s1. The zero-order chi connectivity index (χ0) is 16.9. The van der Waals surface area contributed by atoms with Crippen LogP contribution in [0, 0.1) is 11.6 Å². The maximum atomic E-state index is 13.8. The molecule has 3 rings (SSSR count). The molecule has 24 heavy (non-hydrogen) atoms. The third kappa shape index (κ3) is 4.10. The Balaban J connectivity index is 1.55. The average Bonchev–Trinajstić information content (AvgIpc) is 3.04. The molecule has 1 fully saturated rings. The predicted octanol–water partition coefficient (Wildman–Crippen LogP) is 0.732. The SMILES string of the molecule is O=C(Cn1cnnn1)N[C@@H]1CCCN(Cc2c(F)cccc2F)C1. The summed E-state index contributed by atoms with van der Waals surface area (Å²) in [7, 11) is 0. The van der Waals surface area contributed by atoms with E-state index >= 15 is 0 Å². The van der Waals surface area contributed by atoms with Gasteiger partial charge in [-0.05, 0) is 41.9 Å². The van der Waals surface area contributed by atoms with Crippen molar-refractivity contribution < 1.29 is 13.6 Å². The van der Waals surface area contributed by atoms with Gasteiger partial charge in [-0.3, -0.25) is 9.69 Å². The maximum Gasteiger partial charge on any atom is 0.242 e. The van der Waals surface area contributed by atoms with Crippen molar-refractivity contribution in [1.29, 1.82) is 0 Å². The highest BCUT2D eigenvalue weighted by Crippen LogP contribution is 2.18. The topological polar surface area (TPSA) is 75.9 Å². The highest BCUT2D eigenvalue weighted by atomic mass is 19.1. The lowest BCUT2D eigenvalue weighted by molar-refractivity contribution is -0.123. The van der Waals surface area contributed by atoms with Gasteiger partial charge in [0.2, 0.25) is 5.91 Å². The van der Waals surface area contributed by atoms with Crippen molar-refractivity contribution in [1.82, 2.24) is 30.4 Å². The molecule has 0 unspecified atom stereocenters. The Kier molecular flexibility index (Phi) is 5.09. The molecule has 1 aromatic heterocycles. The molecule has 0 radical (unpaired) electrons. The van der Waals surface area contributed by atoms with E-state index in [0.29, 0.717) is 6.54 Å². The molecule has 1 aliphatic rings. The second kappa shape index (κ2) is 7.43. The number of halogens is 2. The quantitative estimate of drug-likeness (QED) is 0.871. The number of tetrazole rings is 1. The minimum absolute atomic E-state index is 0.0471. The van der Waals surface area contributed by atoms with Gasteiger partial charge in [0, 0.05) is 24.7 Å². The summed E-state index contributed by atoms with van der Waals surface area (Å²) in [6, 6.07) is 3.81. The third-order valence-corrected chi connectivity index (χ3v) is 4.01. The van der Waals surface area contributed by atoms with Gasteiger partial charge in [0.25, 0.3) is 0 Å². The van der Waals surface area contributed by atoms with Crippen LogP contribution in [0.1, 0.15) is 18.4 Å². The van der Waals surface area contributed by atoms with Crippen LogP contribution in [0.2, 0.25) is 0 Å². The summed E-state index contributed by atoms with van der Waals surface area (Å²) in [6.07, 6.45) is 3.05. The van der Waals surface area contributed by atoms with Crippen LogP contribution in [0.25, 0.3) is 0 Å². The lowest BCUT2D eigenvalue weighted by Crippen LogP contribution is -2.48. The van der Waals surface area contributed by atoms with Gasteiger partial charge in [-0.1, -0.05) is 6.07 Å². The van der Waals surface area contributed by atoms with Crippen LogP contribution in [0.5, 0.6) is 0 Å². The minimum Gasteiger partial charge on any atom is -0.350 e. The highest BCUT2D eigenvalue weighted by molar-refractivity contribution is 5.75. The number of benzene rings is 1. The van der Waals surface area contributed by atoms with Gasteiger partial charge in [0.05, 0.1) is 0 Å². The molecule has 2 aromatic rings.